The third kappa shape index (κ3) is 3.31. The van der Waals surface area contributed by atoms with Crippen LogP contribution in [-0.4, -0.2) is 13.1 Å². The van der Waals surface area contributed by atoms with Crippen molar-refractivity contribution in [2.45, 2.75) is 12.4 Å². The summed E-state index contributed by atoms with van der Waals surface area (Å²) in [4.78, 5) is 11.2. The normalized spacial score (nSPS) is 12.4. The summed E-state index contributed by atoms with van der Waals surface area (Å²) in [7, 11) is 0.812. The number of hydrogen-bond acceptors (Lipinski definition) is 2. The van der Waals surface area contributed by atoms with Crippen LogP contribution in [0.4, 0.5) is 26.3 Å². The Morgan fingerprint density at radius 1 is 1.11 bits per heavy atom. The molecule has 0 bridgehead atoms. The highest BCUT2D eigenvalue weighted by Gasteiger charge is 2.40. The maximum atomic E-state index is 12.6. The van der Waals surface area contributed by atoms with Crippen LogP contribution in [0.25, 0.3) is 0 Å². The van der Waals surface area contributed by atoms with Crippen LogP contribution in [0, 0.1) is 0 Å². The van der Waals surface area contributed by atoms with Crippen LogP contribution in [0.15, 0.2) is 12.1 Å². The first-order chi connectivity index (χ1) is 8.48. The highest BCUT2D eigenvalue weighted by atomic mass is 35.5. The number of methoxy groups -OCH3 is 1. The fourth-order valence-electron chi connectivity index (χ4n) is 1.25. The lowest BCUT2D eigenvalue weighted by atomic mass is 10.0. The molecule has 1 aromatic carbocycles. The van der Waals surface area contributed by atoms with Crippen molar-refractivity contribution in [3.05, 3.63) is 33.8 Å². The van der Waals surface area contributed by atoms with E-state index in [4.69, 9.17) is 11.6 Å². The molecule has 0 unspecified atom stereocenters. The summed E-state index contributed by atoms with van der Waals surface area (Å²) in [5.74, 6) is -1.39. The fourth-order valence-corrected chi connectivity index (χ4v) is 1.55. The molecule has 0 aromatic heterocycles. The van der Waals surface area contributed by atoms with Gasteiger partial charge in [0.1, 0.15) is 0 Å². The highest BCUT2D eigenvalue weighted by molar-refractivity contribution is 6.34. The number of carbonyl (C=O) groups excluding carboxylic acids is 1. The minimum Gasteiger partial charge on any atom is -0.465 e. The lowest BCUT2D eigenvalue weighted by Crippen LogP contribution is -2.15. The summed E-state index contributed by atoms with van der Waals surface area (Å²) in [6.07, 6.45) is -10.2. The van der Waals surface area contributed by atoms with E-state index in [1.54, 1.807) is 0 Å². The Morgan fingerprint density at radius 2 is 1.63 bits per heavy atom. The number of rotatable bonds is 1. The van der Waals surface area contributed by atoms with Crippen LogP contribution in [0.3, 0.4) is 0 Å². The molecule has 0 N–H and O–H groups in total. The SMILES string of the molecule is COC(=O)c1cc(C(F)(F)F)cc(C(F)(F)F)c1Cl. The Morgan fingerprint density at radius 3 is 2.00 bits per heavy atom. The van der Waals surface area contributed by atoms with Crippen molar-refractivity contribution < 1.29 is 35.9 Å². The molecule has 0 amide bonds. The van der Waals surface area contributed by atoms with Crippen molar-refractivity contribution >= 4 is 17.6 Å². The second-order valence-electron chi connectivity index (χ2n) is 3.37. The molecule has 0 spiro atoms. The quantitative estimate of drug-likeness (QED) is 0.575. The average Bonchev–Trinajstić information content (AvgIpc) is 2.25. The molecule has 0 saturated carbocycles. The van der Waals surface area contributed by atoms with Gasteiger partial charge in [-0.2, -0.15) is 26.3 Å². The number of esters is 1. The molecule has 1 aromatic rings. The molecule has 0 radical (unpaired) electrons. The van der Waals surface area contributed by atoms with E-state index < -0.39 is 40.0 Å². The van der Waals surface area contributed by atoms with Gasteiger partial charge in [-0.1, -0.05) is 11.6 Å². The number of alkyl halides is 6. The predicted octanol–water partition coefficient (Wildman–Crippen LogP) is 4.16. The highest BCUT2D eigenvalue weighted by Crippen LogP contribution is 2.41. The summed E-state index contributed by atoms with van der Waals surface area (Å²) >= 11 is 5.30. The zero-order chi connectivity index (χ0) is 15.0. The first-order valence-corrected chi connectivity index (χ1v) is 4.92. The van der Waals surface area contributed by atoms with Gasteiger partial charge in [-0.3, -0.25) is 0 Å². The number of carbonyl (C=O) groups is 1. The maximum absolute atomic E-state index is 12.6. The molecular weight excluding hydrogens is 302 g/mol. The zero-order valence-corrected chi connectivity index (χ0v) is 9.87. The van der Waals surface area contributed by atoms with Gasteiger partial charge in [0, 0.05) is 0 Å². The lowest BCUT2D eigenvalue weighted by molar-refractivity contribution is -0.143. The molecule has 9 heteroatoms. The summed E-state index contributed by atoms with van der Waals surface area (Å²) in [6, 6.07) is 0.0537. The van der Waals surface area contributed by atoms with Gasteiger partial charge in [0.05, 0.1) is 28.8 Å². The topological polar surface area (TPSA) is 26.3 Å². The Bertz CT molecular complexity index is 506. The predicted molar refractivity (Wildman–Crippen MR) is 52.8 cm³/mol. The van der Waals surface area contributed by atoms with Crippen molar-refractivity contribution in [1.82, 2.24) is 0 Å². The second-order valence-corrected chi connectivity index (χ2v) is 3.75. The lowest BCUT2D eigenvalue weighted by Gasteiger charge is -2.15. The van der Waals surface area contributed by atoms with Gasteiger partial charge in [-0.05, 0) is 12.1 Å². The van der Waals surface area contributed by atoms with Crippen LogP contribution >= 0.6 is 11.6 Å². The maximum Gasteiger partial charge on any atom is 0.417 e. The van der Waals surface area contributed by atoms with E-state index in [9.17, 15) is 31.1 Å². The van der Waals surface area contributed by atoms with Gasteiger partial charge in [-0.25, -0.2) is 4.79 Å². The van der Waals surface area contributed by atoms with E-state index in [1.165, 1.54) is 0 Å². The molecule has 0 aliphatic heterocycles. The Hall–Kier alpha value is -1.44. The van der Waals surface area contributed by atoms with Crippen LogP contribution in [0.1, 0.15) is 21.5 Å². The van der Waals surface area contributed by atoms with Gasteiger partial charge >= 0.3 is 18.3 Å². The molecular formula is C10H5ClF6O2. The van der Waals surface area contributed by atoms with Gasteiger partial charge in [0.2, 0.25) is 0 Å². The molecule has 1 rings (SSSR count). The van der Waals surface area contributed by atoms with E-state index in [0.29, 0.717) is 0 Å². The van der Waals surface area contributed by atoms with Gasteiger partial charge < -0.3 is 4.74 Å². The molecule has 0 fully saturated rings. The van der Waals surface area contributed by atoms with Crippen molar-refractivity contribution in [2.75, 3.05) is 7.11 Å². The fraction of sp³-hybridized carbons (Fsp3) is 0.300. The average molecular weight is 307 g/mol. The number of ether oxygens (including phenoxy) is 1. The van der Waals surface area contributed by atoms with Gasteiger partial charge in [-0.15, -0.1) is 0 Å². The van der Waals surface area contributed by atoms with E-state index in [0.717, 1.165) is 7.11 Å². The smallest absolute Gasteiger partial charge is 0.417 e. The summed E-state index contributed by atoms with van der Waals surface area (Å²) in [6.45, 7) is 0. The molecule has 2 nitrogen and oxygen atoms in total. The molecule has 0 aliphatic rings. The van der Waals surface area contributed by atoms with E-state index in [1.807, 2.05) is 0 Å². The van der Waals surface area contributed by atoms with Crippen molar-refractivity contribution in [1.29, 1.82) is 0 Å². The molecule has 0 heterocycles. The third-order valence-corrected chi connectivity index (χ3v) is 2.52. The Balaban J connectivity index is 3.62. The largest absolute Gasteiger partial charge is 0.465 e. The van der Waals surface area contributed by atoms with Gasteiger partial charge in [0.15, 0.2) is 0 Å². The van der Waals surface area contributed by atoms with Gasteiger partial charge in [0.25, 0.3) is 0 Å². The number of benzene rings is 1. The molecule has 0 aliphatic carbocycles. The number of hydrogen-bond donors (Lipinski definition) is 0. The molecule has 0 atom stereocenters. The minimum absolute atomic E-state index is 0.158. The van der Waals surface area contributed by atoms with Crippen LogP contribution in [-0.2, 0) is 17.1 Å². The standard InChI is InChI=1S/C10H5ClF6O2/c1-19-8(18)5-2-4(9(12,13)14)3-6(7(5)11)10(15,16)17/h2-3H,1H3. The molecule has 0 saturated heterocycles. The molecule has 106 valence electrons. The summed E-state index contributed by atoms with van der Waals surface area (Å²) in [5.41, 5.74) is -4.37. The Labute approximate surface area is 107 Å². The number of halogens is 7. The first-order valence-electron chi connectivity index (χ1n) is 4.54. The monoisotopic (exact) mass is 306 g/mol. The van der Waals surface area contributed by atoms with Crippen molar-refractivity contribution in [3.63, 3.8) is 0 Å². The third-order valence-electron chi connectivity index (χ3n) is 2.11. The summed E-state index contributed by atoms with van der Waals surface area (Å²) < 4.78 is 79.2. The second kappa shape index (κ2) is 4.92. The zero-order valence-electron chi connectivity index (χ0n) is 9.12. The van der Waals surface area contributed by atoms with Crippen LogP contribution in [0.5, 0.6) is 0 Å². The van der Waals surface area contributed by atoms with Crippen molar-refractivity contribution in [3.8, 4) is 0 Å². The van der Waals surface area contributed by atoms with E-state index >= 15 is 0 Å². The van der Waals surface area contributed by atoms with Crippen LogP contribution < -0.4 is 0 Å². The van der Waals surface area contributed by atoms with Crippen molar-refractivity contribution in [2.24, 2.45) is 0 Å². The van der Waals surface area contributed by atoms with E-state index in [-0.39, 0.29) is 12.1 Å². The molecule has 19 heavy (non-hydrogen) atoms. The minimum atomic E-state index is -5.12. The Kier molecular flexibility index (Phi) is 4.04. The summed E-state index contributed by atoms with van der Waals surface area (Å²) in [5, 5.41) is -1.13. The van der Waals surface area contributed by atoms with E-state index in [2.05, 4.69) is 4.74 Å². The van der Waals surface area contributed by atoms with Crippen LogP contribution in [0.2, 0.25) is 5.02 Å². The first kappa shape index (κ1) is 15.6.